The molecule has 2 rings (SSSR count). The van der Waals surface area contributed by atoms with Gasteiger partial charge in [0.25, 0.3) is 5.91 Å². The molecule has 5 heteroatoms. The number of aliphatic hydroxyl groups is 1. The monoisotopic (exact) mass is 247 g/mol. The zero-order valence-electron chi connectivity index (χ0n) is 10.4. The Kier molecular flexibility index (Phi) is 3.00. The number of anilines is 1. The topological polar surface area (TPSA) is 91.1 Å². The second-order valence-corrected chi connectivity index (χ2v) is 5.02. The van der Waals surface area contributed by atoms with Crippen molar-refractivity contribution in [3.8, 4) is 0 Å². The molecule has 18 heavy (non-hydrogen) atoms. The van der Waals surface area contributed by atoms with Gasteiger partial charge >= 0.3 is 0 Å². The summed E-state index contributed by atoms with van der Waals surface area (Å²) in [5.74, 6) is -0.244. The highest BCUT2D eigenvalue weighted by atomic mass is 16.3. The fourth-order valence-corrected chi connectivity index (χ4v) is 1.67. The van der Waals surface area contributed by atoms with Crippen molar-refractivity contribution < 1.29 is 9.90 Å². The predicted molar refractivity (Wildman–Crippen MR) is 71.3 cm³/mol. The second kappa shape index (κ2) is 4.34. The molecule has 0 radical (unpaired) electrons. The lowest BCUT2D eigenvalue weighted by atomic mass is 10.1. The van der Waals surface area contributed by atoms with Gasteiger partial charge in [-0.2, -0.15) is 0 Å². The predicted octanol–water partition coefficient (Wildman–Crippen LogP) is 1.25. The van der Waals surface area contributed by atoms with Crippen LogP contribution in [-0.2, 0) is 0 Å². The summed E-state index contributed by atoms with van der Waals surface area (Å²) in [6.07, 6.45) is 0. The van der Waals surface area contributed by atoms with Crippen LogP contribution in [0.2, 0.25) is 0 Å². The van der Waals surface area contributed by atoms with Gasteiger partial charge in [0.15, 0.2) is 0 Å². The molecule has 0 aliphatic rings. The average molecular weight is 247 g/mol. The number of aromatic nitrogens is 1. The van der Waals surface area contributed by atoms with E-state index in [0.29, 0.717) is 11.4 Å². The molecular weight excluding hydrogens is 230 g/mol. The summed E-state index contributed by atoms with van der Waals surface area (Å²) < 4.78 is 0. The number of carbonyl (C=O) groups excluding carboxylic acids is 1. The van der Waals surface area contributed by atoms with E-state index in [0.717, 1.165) is 10.9 Å². The number of nitrogens with two attached hydrogens (primary N) is 1. The highest BCUT2D eigenvalue weighted by Crippen LogP contribution is 2.18. The maximum absolute atomic E-state index is 11.9. The molecule has 2 aromatic rings. The minimum Gasteiger partial charge on any atom is -0.399 e. The van der Waals surface area contributed by atoms with Crippen molar-refractivity contribution in [1.82, 2.24) is 10.3 Å². The molecular formula is C13H17N3O2. The van der Waals surface area contributed by atoms with Gasteiger partial charge in [-0.25, -0.2) is 0 Å². The Morgan fingerprint density at radius 1 is 1.44 bits per heavy atom. The number of fused-ring (bicyclic) bond motifs is 1. The van der Waals surface area contributed by atoms with E-state index >= 15 is 0 Å². The summed E-state index contributed by atoms with van der Waals surface area (Å²) in [7, 11) is 0. The van der Waals surface area contributed by atoms with E-state index in [9.17, 15) is 9.90 Å². The van der Waals surface area contributed by atoms with Crippen LogP contribution in [0.3, 0.4) is 0 Å². The third-order valence-electron chi connectivity index (χ3n) is 2.57. The zero-order valence-corrected chi connectivity index (χ0v) is 10.4. The quantitative estimate of drug-likeness (QED) is 0.615. The van der Waals surface area contributed by atoms with Gasteiger partial charge in [0, 0.05) is 23.1 Å². The lowest BCUT2D eigenvalue weighted by Crippen LogP contribution is -2.38. The first-order chi connectivity index (χ1) is 8.35. The Bertz CT molecular complexity index is 581. The Labute approximate surface area is 105 Å². The standard InChI is InChI=1S/C13H17N3O2/c1-13(2,18)7-15-12(17)11-6-8-5-9(14)3-4-10(8)16-11/h3-6,16,18H,7,14H2,1-2H3,(H,15,17). The average Bonchev–Trinajstić information content (AvgIpc) is 2.67. The van der Waals surface area contributed by atoms with Crippen LogP contribution in [0, 0.1) is 0 Å². The number of aromatic amines is 1. The summed E-state index contributed by atoms with van der Waals surface area (Å²) in [6, 6.07) is 7.15. The number of H-pyrrole nitrogens is 1. The van der Waals surface area contributed by atoms with Gasteiger partial charge in [0.05, 0.1) is 5.60 Å². The molecule has 0 atom stereocenters. The van der Waals surface area contributed by atoms with E-state index in [1.165, 1.54) is 0 Å². The molecule has 0 saturated carbocycles. The Hall–Kier alpha value is -2.01. The van der Waals surface area contributed by atoms with Crippen LogP contribution >= 0.6 is 0 Å². The fraction of sp³-hybridized carbons (Fsp3) is 0.308. The van der Waals surface area contributed by atoms with Crippen molar-refractivity contribution in [1.29, 1.82) is 0 Å². The minimum absolute atomic E-state index is 0.198. The van der Waals surface area contributed by atoms with Crippen molar-refractivity contribution in [3.63, 3.8) is 0 Å². The second-order valence-electron chi connectivity index (χ2n) is 5.02. The van der Waals surface area contributed by atoms with Crippen molar-refractivity contribution in [2.75, 3.05) is 12.3 Å². The van der Waals surface area contributed by atoms with Gasteiger partial charge in [-0.15, -0.1) is 0 Å². The lowest BCUT2D eigenvalue weighted by molar-refractivity contribution is 0.0692. The number of amides is 1. The lowest BCUT2D eigenvalue weighted by Gasteiger charge is -2.17. The Balaban J connectivity index is 2.18. The molecule has 0 bridgehead atoms. The van der Waals surface area contributed by atoms with Gasteiger partial charge < -0.3 is 21.1 Å². The molecule has 0 saturated heterocycles. The molecule has 0 unspecified atom stereocenters. The summed E-state index contributed by atoms with van der Waals surface area (Å²) in [6.45, 7) is 3.47. The minimum atomic E-state index is -0.925. The first kappa shape index (κ1) is 12.4. The van der Waals surface area contributed by atoms with Gasteiger partial charge in [0.2, 0.25) is 0 Å². The van der Waals surface area contributed by atoms with Crippen LogP contribution in [0.1, 0.15) is 24.3 Å². The van der Waals surface area contributed by atoms with Crippen molar-refractivity contribution >= 4 is 22.5 Å². The molecule has 0 fully saturated rings. The summed E-state index contributed by atoms with van der Waals surface area (Å²) in [4.78, 5) is 14.9. The van der Waals surface area contributed by atoms with Gasteiger partial charge in [-0.05, 0) is 38.1 Å². The van der Waals surface area contributed by atoms with E-state index in [1.54, 1.807) is 32.0 Å². The normalized spacial score (nSPS) is 11.7. The summed E-state index contributed by atoms with van der Waals surface area (Å²) in [5, 5.41) is 13.1. The fourth-order valence-electron chi connectivity index (χ4n) is 1.67. The van der Waals surface area contributed by atoms with Crippen molar-refractivity contribution in [2.24, 2.45) is 0 Å². The third kappa shape index (κ3) is 2.81. The van der Waals surface area contributed by atoms with Gasteiger partial charge in [0.1, 0.15) is 5.69 Å². The largest absolute Gasteiger partial charge is 0.399 e. The SMILES string of the molecule is CC(C)(O)CNC(=O)c1cc2cc(N)ccc2[nH]1. The maximum atomic E-state index is 11.9. The molecule has 5 N–H and O–H groups in total. The van der Waals surface area contributed by atoms with E-state index in [-0.39, 0.29) is 12.5 Å². The third-order valence-corrected chi connectivity index (χ3v) is 2.57. The molecule has 1 aromatic carbocycles. The zero-order chi connectivity index (χ0) is 13.3. The van der Waals surface area contributed by atoms with Gasteiger partial charge in [-0.3, -0.25) is 4.79 Å². The number of carbonyl (C=O) groups is 1. The van der Waals surface area contributed by atoms with E-state index in [2.05, 4.69) is 10.3 Å². The molecule has 1 amide bonds. The van der Waals surface area contributed by atoms with Crippen LogP contribution in [0.5, 0.6) is 0 Å². The van der Waals surface area contributed by atoms with Gasteiger partial charge in [-0.1, -0.05) is 0 Å². The highest BCUT2D eigenvalue weighted by molar-refractivity contribution is 5.98. The molecule has 5 nitrogen and oxygen atoms in total. The number of nitrogens with one attached hydrogen (secondary N) is 2. The molecule has 0 aliphatic heterocycles. The molecule has 0 spiro atoms. The van der Waals surface area contributed by atoms with E-state index in [1.807, 2.05) is 6.07 Å². The van der Waals surface area contributed by atoms with Crippen LogP contribution in [0.4, 0.5) is 5.69 Å². The van der Waals surface area contributed by atoms with E-state index < -0.39 is 5.60 Å². The Morgan fingerprint density at radius 3 is 2.83 bits per heavy atom. The molecule has 96 valence electrons. The maximum Gasteiger partial charge on any atom is 0.267 e. The summed E-state index contributed by atoms with van der Waals surface area (Å²) >= 11 is 0. The molecule has 0 aliphatic carbocycles. The van der Waals surface area contributed by atoms with Crippen LogP contribution in [-0.4, -0.2) is 28.1 Å². The van der Waals surface area contributed by atoms with Crippen LogP contribution < -0.4 is 11.1 Å². The molecule has 1 aromatic heterocycles. The van der Waals surface area contributed by atoms with Crippen molar-refractivity contribution in [3.05, 3.63) is 30.0 Å². The van der Waals surface area contributed by atoms with Crippen LogP contribution in [0.25, 0.3) is 10.9 Å². The Morgan fingerprint density at radius 2 is 2.17 bits per heavy atom. The first-order valence-electron chi connectivity index (χ1n) is 5.74. The summed E-state index contributed by atoms with van der Waals surface area (Å²) in [5.41, 5.74) is 6.73. The number of benzene rings is 1. The van der Waals surface area contributed by atoms with Crippen molar-refractivity contribution in [2.45, 2.75) is 19.4 Å². The molecule has 1 heterocycles. The number of hydrogen-bond acceptors (Lipinski definition) is 3. The first-order valence-corrected chi connectivity index (χ1v) is 5.74. The number of hydrogen-bond donors (Lipinski definition) is 4. The highest BCUT2D eigenvalue weighted by Gasteiger charge is 2.15. The van der Waals surface area contributed by atoms with E-state index in [4.69, 9.17) is 5.73 Å². The van der Waals surface area contributed by atoms with Crippen LogP contribution in [0.15, 0.2) is 24.3 Å². The smallest absolute Gasteiger partial charge is 0.267 e. The number of rotatable bonds is 3. The number of nitrogen functional groups attached to an aromatic ring is 1.